The van der Waals surface area contributed by atoms with Crippen molar-refractivity contribution in [2.24, 2.45) is 0 Å². The van der Waals surface area contributed by atoms with Crippen molar-refractivity contribution in [2.75, 3.05) is 4.90 Å². The molecule has 3 nitrogen and oxygen atoms in total. The molecule has 0 aliphatic rings. The maximum Gasteiger partial charge on any atom is 0.0922 e. The van der Waals surface area contributed by atoms with Crippen LogP contribution in [0.25, 0.3) is 0 Å². The van der Waals surface area contributed by atoms with Gasteiger partial charge in [-0.1, -0.05) is 51.0 Å². The Morgan fingerprint density at radius 2 is 1.83 bits per heavy atom. The minimum Gasteiger partial charge on any atom is -0.363 e. The molecule has 0 saturated carbocycles. The molecular formula is C19H22N3P. The maximum absolute atomic E-state index is 4.12. The smallest absolute Gasteiger partial charge is 0.0922 e. The molecule has 0 radical (unpaired) electrons. The van der Waals surface area contributed by atoms with E-state index in [-0.39, 0.29) is 0 Å². The highest BCUT2D eigenvalue weighted by Gasteiger charge is 2.12. The van der Waals surface area contributed by atoms with Crippen molar-refractivity contribution in [1.29, 1.82) is 0 Å². The van der Waals surface area contributed by atoms with Crippen LogP contribution in [-0.4, -0.2) is 16.0 Å². The van der Waals surface area contributed by atoms with Crippen molar-refractivity contribution >= 4 is 24.9 Å². The van der Waals surface area contributed by atoms with Gasteiger partial charge in [0.2, 0.25) is 0 Å². The second kappa shape index (κ2) is 7.43. The van der Waals surface area contributed by atoms with Gasteiger partial charge in [-0.15, -0.1) is 0 Å². The third-order valence-corrected chi connectivity index (χ3v) is 4.98. The lowest BCUT2D eigenvalue weighted by molar-refractivity contribution is 0.676. The standard InChI is InChI=1S/C19H22N3P/c1-15(2)22(13-16-12-20-14-21-16)17-7-6-10-19(11-17)23-18-8-4-3-5-9-18/h3-12,14-15,23H,13H2,1-2H3,(H,20,21). The molecule has 1 aromatic heterocycles. The fraction of sp³-hybridized carbons (Fsp3) is 0.211. The Hall–Kier alpha value is -2.12. The minimum absolute atomic E-state index is 0.425. The van der Waals surface area contributed by atoms with Gasteiger partial charge in [-0.2, -0.15) is 0 Å². The first-order valence-corrected chi connectivity index (χ1v) is 8.88. The van der Waals surface area contributed by atoms with E-state index in [0.29, 0.717) is 14.6 Å². The average Bonchev–Trinajstić information content (AvgIpc) is 3.07. The Balaban J connectivity index is 1.81. The summed E-state index contributed by atoms with van der Waals surface area (Å²) >= 11 is 0. The molecule has 0 amide bonds. The zero-order valence-corrected chi connectivity index (χ0v) is 14.5. The van der Waals surface area contributed by atoms with Crippen LogP contribution in [0, 0.1) is 0 Å². The first-order valence-electron chi connectivity index (χ1n) is 7.88. The predicted molar refractivity (Wildman–Crippen MR) is 100 cm³/mol. The Morgan fingerprint density at radius 3 is 2.52 bits per heavy atom. The summed E-state index contributed by atoms with van der Waals surface area (Å²) < 4.78 is 0. The molecule has 0 aliphatic carbocycles. The van der Waals surface area contributed by atoms with E-state index in [2.05, 4.69) is 83.3 Å². The largest absolute Gasteiger partial charge is 0.363 e. The number of benzene rings is 2. The number of imidazole rings is 1. The molecular weight excluding hydrogens is 301 g/mol. The van der Waals surface area contributed by atoms with Crippen LogP contribution in [0.4, 0.5) is 5.69 Å². The summed E-state index contributed by atoms with van der Waals surface area (Å²) in [5.74, 6) is 0. The van der Waals surface area contributed by atoms with Gasteiger partial charge in [-0.25, -0.2) is 4.98 Å². The Labute approximate surface area is 139 Å². The van der Waals surface area contributed by atoms with Crippen molar-refractivity contribution in [3.8, 4) is 0 Å². The van der Waals surface area contributed by atoms with Gasteiger partial charge >= 0.3 is 0 Å². The Bertz CT molecular complexity index is 723. The third kappa shape index (κ3) is 4.20. The summed E-state index contributed by atoms with van der Waals surface area (Å²) in [7, 11) is 0.687. The number of H-pyrrole nitrogens is 1. The van der Waals surface area contributed by atoms with E-state index in [9.17, 15) is 0 Å². The van der Waals surface area contributed by atoms with Gasteiger partial charge in [0.05, 0.1) is 18.6 Å². The predicted octanol–water partition coefficient (Wildman–Crippen LogP) is 3.45. The zero-order chi connectivity index (χ0) is 16.1. The minimum atomic E-state index is 0.425. The van der Waals surface area contributed by atoms with E-state index in [0.717, 1.165) is 12.2 Å². The fourth-order valence-corrected chi connectivity index (χ4v) is 3.67. The third-order valence-electron chi connectivity index (χ3n) is 3.76. The highest BCUT2D eigenvalue weighted by atomic mass is 31.1. The van der Waals surface area contributed by atoms with Gasteiger partial charge in [0, 0.05) is 17.9 Å². The van der Waals surface area contributed by atoms with Crippen molar-refractivity contribution < 1.29 is 0 Å². The van der Waals surface area contributed by atoms with E-state index in [4.69, 9.17) is 0 Å². The first-order chi connectivity index (χ1) is 11.2. The normalized spacial score (nSPS) is 11.4. The summed E-state index contributed by atoms with van der Waals surface area (Å²) in [6.07, 6.45) is 3.63. The lowest BCUT2D eigenvalue weighted by Gasteiger charge is -2.29. The lowest BCUT2D eigenvalue weighted by Crippen LogP contribution is -2.30. The average molecular weight is 323 g/mol. The molecule has 23 heavy (non-hydrogen) atoms. The van der Waals surface area contributed by atoms with E-state index in [1.54, 1.807) is 6.33 Å². The van der Waals surface area contributed by atoms with Crippen LogP contribution in [0.1, 0.15) is 19.5 Å². The molecule has 0 bridgehead atoms. The van der Waals surface area contributed by atoms with Crippen LogP contribution in [0.2, 0.25) is 0 Å². The fourth-order valence-electron chi connectivity index (χ4n) is 2.58. The van der Waals surface area contributed by atoms with E-state index in [1.807, 2.05) is 6.20 Å². The van der Waals surface area contributed by atoms with Gasteiger partial charge in [0.1, 0.15) is 0 Å². The number of nitrogens with one attached hydrogen (secondary N) is 1. The number of hydrogen-bond donors (Lipinski definition) is 1. The van der Waals surface area contributed by atoms with Crippen LogP contribution in [0.15, 0.2) is 67.1 Å². The molecule has 1 unspecified atom stereocenters. The summed E-state index contributed by atoms with van der Waals surface area (Å²) in [4.78, 5) is 9.71. The molecule has 0 saturated heterocycles. The molecule has 3 aromatic rings. The van der Waals surface area contributed by atoms with Crippen molar-refractivity contribution in [3.05, 3.63) is 72.8 Å². The highest BCUT2D eigenvalue weighted by molar-refractivity contribution is 7.55. The molecule has 3 rings (SSSR count). The van der Waals surface area contributed by atoms with Crippen molar-refractivity contribution in [2.45, 2.75) is 26.4 Å². The van der Waals surface area contributed by atoms with Crippen LogP contribution >= 0.6 is 8.58 Å². The van der Waals surface area contributed by atoms with Crippen LogP contribution < -0.4 is 15.5 Å². The molecule has 4 heteroatoms. The molecule has 0 fully saturated rings. The van der Waals surface area contributed by atoms with Gasteiger partial charge < -0.3 is 9.88 Å². The Kier molecular flexibility index (Phi) is 5.09. The van der Waals surface area contributed by atoms with E-state index < -0.39 is 0 Å². The van der Waals surface area contributed by atoms with Gasteiger partial charge in [0.25, 0.3) is 0 Å². The van der Waals surface area contributed by atoms with Crippen LogP contribution in [0.5, 0.6) is 0 Å². The molecule has 2 aromatic carbocycles. The molecule has 1 atom stereocenters. The number of anilines is 1. The quantitative estimate of drug-likeness (QED) is 0.705. The van der Waals surface area contributed by atoms with Crippen molar-refractivity contribution in [1.82, 2.24) is 9.97 Å². The second-order valence-corrected chi connectivity index (χ2v) is 7.24. The Morgan fingerprint density at radius 1 is 1.04 bits per heavy atom. The number of aromatic nitrogens is 2. The van der Waals surface area contributed by atoms with Gasteiger partial charge in [0.15, 0.2) is 0 Å². The highest BCUT2D eigenvalue weighted by Crippen LogP contribution is 2.21. The van der Waals surface area contributed by atoms with Gasteiger partial charge in [-0.05, 0) is 36.6 Å². The molecule has 0 spiro atoms. The number of hydrogen-bond acceptors (Lipinski definition) is 2. The summed E-state index contributed by atoms with van der Waals surface area (Å²) in [6, 6.07) is 19.9. The molecule has 1 N–H and O–H groups in total. The number of rotatable bonds is 6. The van der Waals surface area contributed by atoms with Crippen LogP contribution in [0.3, 0.4) is 0 Å². The van der Waals surface area contributed by atoms with Crippen LogP contribution in [-0.2, 0) is 6.54 Å². The number of aromatic amines is 1. The summed E-state index contributed by atoms with van der Waals surface area (Å²) in [6.45, 7) is 5.29. The summed E-state index contributed by atoms with van der Waals surface area (Å²) in [5, 5.41) is 2.73. The molecule has 0 aliphatic heterocycles. The number of nitrogens with zero attached hydrogens (tertiary/aromatic N) is 2. The van der Waals surface area contributed by atoms with Gasteiger partial charge in [-0.3, -0.25) is 0 Å². The molecule has 1 heterocycles. The molecule has 118 valence electrons. The SMILES string of the molecule is CC(C)N(Cc1cnc[nH]1)c1cccc(Pc2ccccc2)c1. The maximum atomic E-state index is 4.12. The zero-order valence-electron chi connectivity index (χ0n) is 13.5. The van der Waals surface area contributed by atoms with E-state index in [1.165, 1.54) is 16.3 Å². The second-order valence-electron chi connectivity index (χ2n) is 5.84. The monoisotopic (exact) mass is 323 g/mol. The lowest BCUT2D eigenvalue weighted by atomic mass is 10.2. The van der Waals surface area contributed by atoms with Crippen molar-refractivity contribution in [3.63, 3.8) is 0 Å². The van der Waals surface area contributed by atoms with E-state index >= 15 is 0 Å². The summed E-state index contributed by atoms with van der Waals surface area (Å²) in [5.41, 5.74) is 2.39. The topological polar surface area (TPSA) is 31.9 Å². The first kappa shape index (κ1) is 15.8.